The second-order valence-electron chi connectivity index (χ2n) is 2.46. The first-order chi connectivity index (χ1) is 4.70. The van der Waals surface area contributed by atoms with Gasteiger partial charge in [0, 0.05) is 0 Å². The highest BCUT2D eigenvalue weighted by Crippen LogP contribution is 2.10. The van der Waals surface area contributed by atoms with Gasteiger partial charge in [-0.2, -0.15) is 0 Å². The molecule has 0 fully saturated rings. The zero-order chi connectivity index (χ0) is 7.98. The van der Waals surface area contributed by atoms with Gasteiger partial charge < -0.3 is 0 Å². The predicted molar refractivity (Wildman–Crippen MR) is 43.8 cm³/mol. The van der Waals surface area contributed by atoms with Gasteiger partial charge >= 0.3 is 0 Å². The van der Waals surface area contributed by atoms with E-state index in [1.807, 2.05) is 19.9 Å². The van der Waals surface area contributed by atoms with Crippen LogP contribution in [0.1, 0.15) is 26.7 Å². The SMILES string of the molecule is C=C/C=C(/C)CC(F)CC. The number of halogens is 1. The van der Waals surface area contributed by atoms with Gasteiger partial charge in [-0.1, -0.05) is 31.2 Å². The van der Waals surface area contributed by atoms with Crippen LogP contribution < -0.4 is 0 Å². The van der Waals surface area contributed by atoms with E-state index in [2.05, 4.69) is 6.58 Å². The lowest BCUT2D eigenvalue weighted by molar-refractivity contribution is 0.322. The summed E-state index contributed by atoms with van der Waals surface area (Å²) in [6.45, 7) is 7.31. The molecule has 0 rings (SSSR count). The summed E-state index contributed by atoms with van der Waals surface area (Å²) >= 11 is 0. The summed E-state index contributed by atoms with van der Waals surface area (Å²) in [5.74, 6) is 0. The van der Waals surface area contributed by atoms with Crippen molar-refractivity contribution in [2.45, 2.75) is 32.9 Å². The Kier molecular flexibility index (Phi) is 4.91. The Balaban J connectivity index is 3.66. The molecule has 0 saturated carbocycles. The summed E-state index contributed by atoms with van der Waals surface area (Å²) in [4.78, 5) is 0. The molecular formula is C9H15F. The molecule has 1 atom stereocenters. The average molecular weight is 142 g/mol. The molecule has 10 heavy (non-hydrogen) atoms. The maximum atomic E-state index is 12.6. The number of hydrogen-bond acceptors (Lipinski definition) is 0. The Morgan fingerprint density at radius 1 is 1.70 bits per heavy atom. The molecule has 0 aliphatic carbocycles. The standard InChI is InChI=1S/C9H15F/c1-4-6-8(3)7-9(10)5-2/h4,6,9H,1,5,7H2,2-3H3/b8-6-. The van der Waals surface area contributed by atoms with Crippen LogP contribution >= 0.6 is 0 Å². The Morgan fingerprint density at radius 2 is 2.30 bits per heavy atom. The highest BCUT2D eigenvalue weighted by Gasteiger charge is 2.01. The molecule has 0 aromatic carbocycles. The van der Waals surface area contributed by atoms with Crippen molar-refractivity contribution in [1.82, 2.24) is 0 Å². The lowest BCUT2D eigenvalue weighted by atomic mass is 10.1. The normalized spacial score (nSPS) is 14.9. The van der Waals surface area contributed by atoms with Gasteiger partial charge in [-0.05, 0) is 19.8 Å². The monoisotopic (exact) mass is 142 g/mol. The maximum absolute atomic E-state index is 12.6. The number of alkyl halides is 1. The first-order valence-corrected chi connectivity index (χ1v) is 3.63. The van der Waals surface area contributed by atoms with Crippen LogP contribution in [0.25, 0.3) is 0 Å². The van der Waals surface area contributed by atoms with Crippen LogP contribution in [-0.4, -0.2) is 6.17 Å². The molecular weight excluding hydrogens is 127 g/mol. The van der Waals surface area contributed by atoms with E-state index in [1.165, 1.54) is 0 Å². The Labute approximate surface area is 62.4 Å². The first-order valence-electron chi connectivity index (χ1n) is 3.63. The molecule has 0 aliphatic rings. The molecule has 0 N–H and O–H groups in total. The fraction of sp³-hybridized carbons (Fsp3) is 0.556. The third-order valence-electron chi connectivity index (χ3n) is 1.39. The smallest absolute Gasteiger partial charge is 0.104 e. The highest BCUT2D eigenvalue weighted by atomic mass is 19.1. The van der Waals surface area contributed by atoms with Crippen LogP contribution in [0, 0.1) is 0 Å². The van der Waals surface area contributed by atoms with Crippen molar-refractivity contribution < 1.29 is 4.39 Å². The molecule has 0 spiro atoms. The zero-order valence-electron chi connectivity index (χ0n) is 6.73. The van der Waals surface area contributed by atoms with Gasteiger partial charge in [0.15, 0.2) is 0 Å². The van der Waals surface area contributed by atoms with E-state index in [0.29, 0.717) is 12.8 Å². The van der Waals surface area contributed by atoms with Gasteiger partial charge in [-0.25, -0.2) is 4.39 Å². The Morgan fingerprint density at radius 3 is 2.70 bits per heavy atom. The molecule has 0 amide bonds. The Bertz CT molecular complexity index is 125. The molecule has 0 radical (unpaired) electrons. The van der Waals surface area contributed by atoms with E-state index in [0.717, 1.165) is 5.57 Å². The second-order valence-corrected chi connectivity index (χ2v) is 2.46. The van der Waals surface area contributed by atoms with Crippen LogP contribution in [0.3, 0.4) is 0 Å². The quantitative estimate of drug-likeness (QED) is 0.528. The first kappa shape index (κ1) is 9.41. The molecule has 0 nitrogen and oxygen atoms in total. The summed E-state index contributed by atoms with van der Waals surface area (Å²) in [6.07, 6.45) is 4.00. The molecule has 0 heterocycles. The largest absolute Gasteiger partial charge is 0.247 e. The summed E-state index contributed by atoms with van der Waals surface area (Å²) in [7, 11) is 0. The molecule has 58 valence electrons. The van der Waals surface area contributed by atoms with Gasteiger partial charge in [0.2, 0.25) is 0 Å². The van der Waals surface area contributed by atoms with Gasteiger partial charge in [0.25, 0.3) is 0 Å². The van der Waals surface area contributed by atoms with Crippen LogP contribution in [0.4, 0.5) is 4.39 Å². The molecule has 0 aliphatic heterocycles. The lowest BCUT2D eigenvalue weighted by Gasteiger charge is -2.03. The topological polar surface area (TPSA) is 0 Å². The molecule has 1 heteroatoms. The molecule has 0 bridgehead atoms. The number of rotatable bonds is 4. The van der Waals surface area contributed by atoms with Crippen molar-refractivity contribution in [2.24, 2.45) is 0 Å². The zero-order valence-corrected chi connectivity index (χ0v) is 6.73. The summed E-state index contributed by atoms with van der Waals surface area (Å²) in [5.41, 5.74) is 1.06. The fourth-order valence-electron chi connectivity index (χ4n) is 0.763. The van der Waals surface area contributed by atoms with E-state index in [1.54, 1.807) is 6.08 Å². The van der Waals surface area contributed by atoms with Gasteiger partial charge in [-0.3, -0.25) is 0 Å². The fourth-order valence-corrected chi connectivity index (χ4v) is 0.763. The van der Waals surface area contributed by atoms with Crippen LogP contribution in [-0.2, 0) is 0 Å². The summed E-state index contributed by atoms with van der Waals surface area (Å²) in [5, 5.41) is 0. The van der Waals surface area contributed by atoms with Crippen molar-refractivity contribution in [1.29, 1.82) is 0 Å². The highest BCUT2D eigenvalue weighted by molar-refractivity contribution is 5.08. The van der Waals surface area contributed by atoms with Crippen molar-refractivity contribution >= 4 is 0 Å². The van der Waals surface area contributed by atoms with Crippen molar-refractivity contribution in [3.8, 4) is 0 Å². The number of hydrogen-bond donors (Lipinski definition) is 0. The molecule has 0 aromatic rings. The number of allylic oxidation sites excluding steroid dienone is 3. The predicted octanol–water partition coefficient (Wildman–Crippen LogP) is 3.26. The lowest BCUT2D eigenvalue weighted by Crippen LogP contribution is -1.97. The third kappa shape index (κ3) is 4.30. The van der Waals surface area contributed by atoms with E-state index < -0.39 is 6.17 Å². The van der Waals surface area contributed by atoms with Crippen molar-refractivity contribution in [3.05, 3.63) is 24.3 Å². The van der Waals surface area contributed by atoms with Crippen molar-refractivity contribution in [2.75, 3.05) is 0 Å². The third-order valence-corrected chi connectivity index (χ3v) is 1.39. The van der Waals surface area contributed by atoms with Crippen LogP contribution in [0.15, 0.2) is 24.3 Å². The molecule has 0 aromatic heterocycles. The summed E-state index contributed by atoms with van der Waals surface area (Å²) < 4.78 is 12.6. The average Bonchev–Trinajstić information content (AvgIpc) is 1.88. The van der Waals surface area contributed by atoms with Gasteiger partial charge in [-0.15, -0.1) is 0 Å². The molecule has 0 saturated heterocycles. The van der Waals surface area contributed by atoms with Crippen LogP contribution in [0.5, 0.6) is 0 Å². The Hall–Kier alpha value is -0.590. The minimum Gasteiger partial charge on any atom is -0.247 e. The van der Waals surface area contributed by atoms with Gasteiger partial charge in [0.1, 0.15) is 6.17 Å². The minimum absolute atomic E-state index is 0.544. The van der Waals surface area contributed by atoms with E-state index in [-0.39, 0.29) is 0 Å². The minimum atomic E-state index is -0.684. The van der Waals surface area contributed by atoms with Crippen molar-refractivity contribution in [3.63, 3.8) is 0 Å². The van der Waals surface area contributed by atoms with E-state index in [9.17, 15) is 4.39 Å². The second kappa shape index (κ2) is 5.21. The van der Waals surface area contributed by atoms with E-state index in [4.69, 9.17) is 0 Å². The van der Waals surface area contributed by atoms with Gasteiger partial charge in [0.05, 0.1) is 0 Å². The van der Waals surface area contributed by atoms with E-state index >= 15 is 0 Å². The maximum Gasteiger partial charge on any atom is 0.104 e. The summed E-state index contributed by atoms with van der Waals surface area (Å²) in [6, 6.07) is 0. The molecule has 1 unspecified atom stereocenters. The van der Waals surface area contributed by atoms with Crippen LogP contribution in [0.2, 0.25) is 0 Å².